The Morgan fingerprint density at radius 3 is 2.80 bits per heavy atom. The average molecular weight is 155 g/mol. The summed E-state index contributed by atoms with van der Waals surface area (Å²) in [6, 6.07) is 3.80. The van der Waals surface area contributed by atoms with E-state index in [-0.39, 0.29) is 0 Å². The molecule has 0 spiro atoms. The van der Waals surface area contributed by atoms with Crippen molar-refractivity contribution in [1.82, 2.24) is 4.98 Å². The number of anilines is 1. The van der Waals surface area contributed by atoms with Gasteiger partial charge in [0, 0.05) is 7.05 Å². The van der Waals surface area contributed by atoms with Gasteiger partial charge in [0.15, 0.2) is 0 Å². The Bertz CT molecular complexity index is 174. The van der Waals surface area contributed by atoms with Crippen molar-refractivity contribution in [1.29, 1.82) is 0 Å². The molecule has 1 aromatic rings. The quantitative estimate of drug-likeness (QED) is 0.628. The highest BCUT2D eigenvalue weighted by Crippen LogP contribution is 2.10. The lowest BCUT2D eigenvalue weighted by Gasteiger charge is -1.98. The van der Waals surface area contributed by atoms with Crippen LogP contribution in [-0.4, -0.2) is 12.0 Å². The molecule has 10 heavy (non-hydrogen) atoms. The fourth-order valence-corrected chi connectivity index (χ4v) is 0.858. The molecule has 0 aliphatic carbocycles. The van der Waals surface area contributed by atoms with Gasteiger partial charge in [0.2, 0.25) is 0 Å². The summed E-state index contributed by atoms with van der Waals surface area (Å²) in [7, 11) is 1.85. The molecule has 1 aromatic heterocycles. The Labute approximate surface area is 64.2 Å². The van der Waals surface area contributed by atoms with Crippen LogP contribution in [0.5, 0.6) is 0 Å². The van der Waals surface area contributed by atoms with Crippen LogP contribution in [0.3, 0.4) is 0 Å². The van der Waals surface area contributed by atoms with E-state index in [0.717, 1.165) is 22.7 Å². The summed E-state index contributed by atoms with van der Waals surface area (Å²) in [5, 5.41) is 9.07. The van der Waals surface area contributed by atoms with Crippen LogP contribution in [0.15, 0.2) is 23.4 Å². The number of nitrogens with two attached hydrogens (primary N) is 1. The minimum atomic E-state index is 0.832. The molecule has 0 bridgehead atoms. The molecular weight excluding hydrogens is 146 g/mol. The fourth-order valence-electron chi connectivity index (χ4n) is 0.598. The zero-order chi connectivity index (χ0) is 7.40. The second-order valence-corrected chi connectivity index (χ2v) is 2.41. The summed E-state index contributed by atoms with van der Waals surface area (Å²) in [4.78, 5) is 4.04. The summed E-state index contributed by atoms with van der Waals surface area (Å²) in [6.45, 7) is 0. The van der Waals surface area contributed by atoms with Crippen LogP contribution in [-0.2, 0) is 0 Å². The van der Waals surface area contributed by atoms with E-state index in [9.17, 15) is 0 Å². The molecule has 4 heteroatoms. The van der Waals surface area contributed by atoms with Gasteiger partial charge in [0.05, 0.1) is 11.9 Å². The van der Waals surface area contributed by atoms with Gasteiger partial charge in [-0.05, 0) is 24.1 Å². The van der Waals surface area contributed by atoms with Gasteiger partial charge in [-0.1, -0.05) is 0 Å². The van der Waals surface area contributed by atoms with Gasteiger partial charge in [-0.2, -0.15) is 0 Å². The summed E-state index contributed by atoms with van der Waals surface area (Å²) in [5.74, 6) is 0. The number of nitrogens with one attached hydrogen (secondary N) is 1. The van der Waals surface area contributed by atoms with Gasteiger partial charge in [0.25, 0.3) is 0 Å². The van der Waals surface area contributed by atoms with E-state index in [4.69, 9.17) is 5.14 Å². The smallest absolute Gasteiger partial charge is 0.111 e. The molecule has 0 atom stereocenters. The average Bonchev–Trinajstić information content (AvgIpc) is 2.05. The first-order valence-corrected chi connectivity index (χ1v) is 3.75. The second-order valence-electron chi connectivity index (χ2n) is 1.75. The van der Waals surface area contributed by atoms with E-state index in [1.807, 2.05) is 19.2 Å². The Balaban J connectivity index is 2.80. The number of hydrogen-bond donors (Lipinski definition) is 2. The molecule has 0 saturated carbocycles. The monoisotopic (exact) mass is 155 g/mol. The topological polar surface area (TPSA) is 50.9 Å². The number of hydrogen-bond acceptors (Lipinski definition) is 4. The van der Waals surface area contributed by atoms with Crippen molar-refractivity contribution in [3.63, 3.8) is 0 Å². The van der Waals surface area contributed by atoms with Gasteiger partial charge >= 0.3 is 0 Å². The van der Waals surface area contributed by atoms with Gasteiger partial charge in [0.1, 0.15) is 5.03 Å². The molecule has 0 amide bonds. The number of rotatable bonds is 2. The summed E-state index contributed by atoms with van der Waals surface area (Å²) < 4.78 is 0. The lowest BCUT2D eigenvalue weighted by Crippen LogP contribution is -1.90. The highest BCUT2D eigenvalue weighted by Gasteiger charge is 1.90. The molecule has 3 N–H and O–H groups in total. The van der Waals surface area contributed by atoms with Crippen LogP contribution in [0.25, 0.3) is 0 Å². The largest absolute Gasteiger partial charge is 0.387 e. The molecule has 1 rings (SSSR count). The second kappa shape index (κ2) is 3.43. The van der Waals surface area contributed by atoms with Crippen molar-refractivity contribution in [2.45, 2.75) is 5.03 Å². The maximum atomic E-state index is 5.28. The van der Waals surface area contributed by atoms with E-state index in [2.05, 4.69) is 10.3 Å². The van der Waals surface area contributed by atoms with Crippen LogP contribution in [0.1, 0.15) is 0 Å². The van der Waals surface area contributed by atoms with Gasteiger partial charge in [-0.3, -0.25) is 5.14 Å². The SMILES string of the molecule is CNc1ccc(SN)nc1. The predicted octanol–water partition coefficient (Wildman–Crippen LogP) is 1.09. The number of aromatic nitrogens is 1. The minimum Gasteiger partial charge on any atom is -0.387 e. The number of pyridine rings is 1. The molecule has 0 unspecified atom stereocenters. The molecular formula is C6H9N3S. The van der Waals surface area contributed by atoms with Crippen molar-refractivity contribution < 1.29 is 0 Å². The maximum absolute atomic E-state index is 5.28. The fraction of sp³-hybridized carbons (Fsp3) is 0.167. The summed E-state index contributed by atoms with van der Waals surface area (Å²) in [5.41, 5.74) is 0.998. The molecule has 3 nitrogen and oxygen atoms in total. The summed E-state index contributed by atoms with van der Waals surface area (Å²) >= 11 is 1.15. The minimum absolute atomic E-state index is 0.832. The highest BCUT2D eigenvalue weighted by atomic mass is 32.2. The third-order valence-electron chi connectivity index (χ3n) is 1.15. The normalized spacial score (nSPS) is 9.40. The molecule has 54 valence electrons. The Kier molecular flexibility index (Phi) is 2.53. The van der Waals surface area contributed by atoms with Crippen LogP contribution in [0, 0.1) is 0 Å². The first kappa shape index (κ1) is 7.37. The van der Waals surface area contributed by atoms with Crippen LogP contribution >= 0.6 is 11.9 Å². The van der Waals surface area contributed by atoms with Crippen molar-refractivity contribution >= 4 is 17.6 Å². The molecule has 0 aliphatic heterocycles. The third-order valence-corrected chi connectivity index (χ3v) is 1.63. The van der Waals surface area contributed by atoms with Crippen LogP contribution in [0.4, 0.5) is 5.69 Å². The third kappa shape index (κ3) is 1.62. The van der Waals surface area contributed by atoms with E-state index in [1.165, 1.54) is 0 Å². The van der Waals surface area contributed by atoms with Crippen molar-refractivity contribution in [2.75, 3.05) is 12.4 Å². The molecule has 0 radical (unpaired) electrons. The van der Waals surface area contributed by atoms with Crippen LogP contribution < -0.4 is 10.5 Å². The van der Waals surface area contributed by atoms with Crippen molar-refractivity contribution in [2.24, 2.45) is 5.14 Å². The van der Waals surface area contributed by atoms with E-state index in [0.29, 0.717) is 0 Å². The van der Waals surface area contributed by atoms with Gasteiger partial charge in [-0.15, -0.1) is 0 Å². The van der Waals surface area contributed by atoms with Gasteiger partial charge in [-0.25, -0.2) is 4.98 Å². The first-order valence-electron chi connectivity index (χ1n) is 2.87. The summed E-state index contributed by atoms with van der Waals surface area (Å²) in [6.07, 6.45) is 1.75. The van der Waals surface area contributed by atoms with E-state index < -0.39 is 0 Å². The Morgan fingerprint density at radius 1 is 1.60 bits per heavy atom. The highest BCUT2D eigenvalue weighted by molar-refractivity contribution is 7.97. The molecule has 0 aromatic carbocycles. The standard InChI is InChI=1S/C6H9N3S/c1-8-5-2-3-6(10-7)9-4-5/h2-4,8H,7H2,1H3. The van der Waals surface area contributed by atoms with Crippen LogP contribution in [0.2, 0.25) is 0 Å². The van der Waals surface area contributed by atoms with Crippen molar-refractivity contribution in [3.8, 4) is 0 Å². The number of nitrogens with zero attached hydrogens (tertiary/aromatic N) is 1. The predicted molar refractivity (Wildman–Crippen MR) is 43.8 cm³/mol. The lowest BCUT2D eigenvalue weighted by molar-refractivity contribution is 1.13. The van der Waals surface area contributed by atoms with Crippen molar-refractivity contribution in [3.05, 3.63) is 18.3 Å². The zero-order valence-corrected chi connectivity index (χ0v) is 6.48. The Morgan fingerprint density at radius 2 is 2.40 bits per heavy atom. The first-order chi connectivity index (χ1) is 4.86. The lowest BCUT2D eigenvalue weighted by atomic mass is 10.4. The Hall–Kier alpha value is -0.740. The molecule has 0 saturated heterocycles. The maximum Gasteiger partial charge on any atom is 0.111 e. The molecule has 0 fully saturated rings. The zero-order valence-electron chi connectivity index (χ0n) is 5.66. The molecule has 0 aliphatic rings. The van der Waals surface area contributed by atoms with Gasteiger partial charge < -0.3 is 5.32 Å². The van der Waals surface area contributed by atoms with E-state index >= 15 is 0 Å². The molecule has 1 heterocycles. The van der Waals surface area contributed by atoms with E-state index in [1.54, 1.807) is 6.20 Å².